The standard InChI is InChI=1S/C21H22ClN5O2S2/c22-16-2-1-3-18(12-16)24-20-25-26-21(31-20)30-14-19(28)23-17-6-4-15(5-7-17)13-27-8-10-29-11-9-27/h1-7,12H,8-11,13-14H2,(H,23,28)(H,24,25). The summed E-state index contributed by atoms with van der Waals surface area (Å²) in [6.07, 6.45) is 0. The molecule has 0 bridgehead atoms. The minimum absolute atomic E-state index is 0.0783. The molecule has 2 N–H and O–H groups in total. The fourth-order valence-corrected chi connectivity index (χ4v) is 4.81. The summed E-state index contributed by atoms with van der Waals surface area (Å²) in [4.78, 5) is 14.7. The maximum atomic E-state index is 12.3. The number of hydrogen-bond donors (Lipinski definition) is 2. The monoisotopic (exact) mass is 475 g/mol. The van der Waals surface area contributed by atoms with Gasteiger partial charge in [-0.1, -0.05) is 52.9 Å². The Kier molecular flexibility index (Phi) is 7.76. The first-order chi connectivity index (χ1) is 15.1. The zero-order chi connectivity index (χ0) is 21.5. The van der Waals surface area contributed by atoms with Gasteiger partial charge in [-0.05, 0) is 35.9 Å². The van der Waals surface area contributed by atoms with E-state index in [1.807, 2.05) is 36.4 Å². The number of carbonyl (C=O) groups is 1. The Morgan fingerprint density at radius 2 is 1.94 bits per heavy atom. The van der Waals surface area contributed by atoms with Crippen LogP contribution in [0.15, 0.2) is 52.9 Å². The van der Waals surface area contributed by atoms with Gasteiger partial charge in [-0.2, -0.15) is 0 Å². The molecule has 10 heteroatoms. The number of ether oxygens (including phenoxy) is 1. The van der Waals surface area contributed by atoms with E-state index in [1.54, 1.807) is 0 Å². The van der Waals surface area contributed by atoms with E-state index in [-0.39, 0.29) is 11.7 Å². The number of amides is 1. The van der Waals surface area contributed by atoms with Crippen LogP contribution in [0.3, 0.4) is 0 Å². The molecule has 162 valence electrons. The molecule has 1 fully saturated rings. The second-order valence-corrected chi connectivity index (χ2v) is 9.57. The van der Waals surface area contributed by atoms with Gasteiger partial charge in [-0.25, -0.2) is 0 Å². The number of thioether (sulfide) groups is 1. The molecule has 4 rings (SSSR count). The smallest absolute Gasteiger partial charge is 0.234 e. The van der Waals surface area contributed by atoms with Gasteiger partial charge in [0, 0.05) is 36.0 Å². The number of carbonyl (C=O) groups excluding carboxylic acids is 1. The molecule has 1 aliphatic rings. The summed E-state index contributed by atoms with van der Waals surface area (Å²) in [5, 5.41) is 15.6. The van der Waals surface area contributed by atoms with Crippen LogP contribution in [0.25, 0.3) is 0 Å². The van der Waals surface area contributed by atoms with Crippen LogP contribution in [-0.2, 0) is 16.1 Å². The highest BCUT2D eigenvalue weighted by atomic mass is 35.5. The molecule has 0 radical (unpaired) electrons. The molecule has 31 heavy (non-hydrogen) atoms. The molecule has 0 atom stereocenters. The molecule has 0 unspecified atom stereocenters. The highest BCUT2D eigenvalue weighted by Gasteiger charge is 2.12. The summed E-state index contributed by atoms with van der Waals surface area (Å²) in [5.41, 5.74) is 2.86. The van der Waals surface area contributed by atoms with Crippen molar-refractivity contribution in [3.63, 3.8) is 0 Å². The second-order valence-electron chi connectivity index (χ2n) is 6.93. The van der Waals surface area contributed by atoms with Crippen molar-refractivity contribution in [2.45, 2.75) is 10.9 Å². The van der Waals surface area contributed by atoms with E-state index in [0.717, 1.165) is 48.6 Å². The quantitative estimate of drug-likeness (QED) is 0.464. The van der Waals surface area contributed by atoms with Gasteiger partial charge in [0.1, 0.15) is 0 Å². The highest BCUT2D eigenvalue weighted by Crippen LogP contribution is 2.28. The molecule has 3 aromatic rings. The highest BCUT2D eigenvalue weighted by molar-refractivity contribution is 8.01. The summed E-state index contributed by atoms with van der Waals surface area (Å²) in [6.45, 7) is 4.39. The van der Waals surface area contributed by atoms with E-state index in [0.29, 0.717) is 10.2 Å². The minimum atomic E-state index is -0.0783. The molecule has 1 saturated heterocycles. The number of aromatic nitrogens is 2. The first-order valence-electron chi connectivity index (χ1n) is 9.82. The number of rotatable bonds is 8. The van der Waals surface area contributed by atoms with E-state index >= 15 is 0 Å². The number of nitrogens with one attached hydrogen (secondary N) is 2. The lowest BCUT2D eigenvalue weighted by atomic mass is 10.2. The van der Waals surface area contributed by atoms with Gasteiger partial charge in [0.05, 0.1) is 19.0 Å². The minimum Gasteiger partial charge on any atom is -0.379 e. The van der Waals surface area contributed by atoms with E-state index < -0.39 is 0 Å². The molecule has 0 aliphatic carbocycles. The molecular weight excluding hydrogens is 454 g/mol. The van der Waals surface area contributed by atoms with Crippen LogP contribution in [0.1, 0.15) is 5.56 Å². The second kappa shape index (κ2) is 10.9. The average molecular weight is 476 g/mol. The van der Waals surface area contributed by atoms with Crippen LogP contribution >= 0.6 is 34.7 Å². The number of nitrogens with zero attached hydrogens (tertiary/aromatic N) is 3. The molecule has 1 aromatic heterocycles. The Hall–Kier alpha value is -2.17. The van der Waals surface area contributed by atoms with Crippen molar-refractivity contribution in [2.75, 3.05) is 42.7 Å². The van der Waals surface area contributed by atoms with Gasteiger partial charge < -0.3 is 15.4 Å². The van der Waals surface area contributed by atoms with Crippen LogP contribution in [0, 0.1) is 0 Å². The normalized spacial score (nSPS) is 14.4. The predicted octanol–water partition coefficient (Wildman–Crippen LogP) is 4.50. The van der Waals surface area contributed by atoms with E-state index in [4.69, 9.17) is 16.3 Å². The fourth-order valence-electron chi connectivity index (χ4n) is 3.04. The number of anilines is 3. The third-order valence-corrected chi connectivity index (χ3v) is 6.76. The lowest BCUT2D eigenvalue weighted by Gasteiger charge is -2.26. The Bertz CT molecular complexity index is 1010. The third kappa shape index (κ3) is 6.91. The molecule has 0 spiro atoms. The molecular formula is C21H22ClN5O2S2. The van der Waals surface area contributed by atoms with Crippen molar-refractivity contribution in [1.29, 1.82) is 0 Å². The average Bonchev–Trinajstić information content (AvgIpc) is 3.22. The van der Waals surface area contributed by atoms with E-state index in [2.05, 4.69) is 37.9 Å². The topological polar surface area (TPSA) is 79.4 Å². The van der Waals surface area contributed by atoms with Gasteiger partial charge >= 0.3 is 0 Å². The number of morpholine rings is 1. The molecule has 1 aliphatic heterocycles. The number of benzene rings is 2. The van der Waals surface area contributed by atoms with Crippen molar-refractivity contribution in [2.24, 2.45) is 0 Å². The van der Waals surface area contributed by atoms with Crippen LogP contribution in [0.5, 0.6) is 0 Å². The van der Waals surface area contributed by atoms with Crippen LogP contribution in [-0.4, -0.2) is 53.1 Å². The summed E-state index contributed by atoms with van der Waals surface area (Å²) >= 11 is 8.74. The van der Waals surface area contributed by atoms with Crippen molar-refractivity contribution >= 4 is 57.1 Å². The van der Waals surface area contributed by atoms with E-state index in [9.17, 15) is 4.79 Å². The van der Waals surface area contributed by atoms with Gasteiger partial charge in [0.25, 0.3) is 0 Å². The first-order valence-corrected chi connectivity index (χ1v) is 12.0. The Morgan fingerprint density at radius 1 is 1.13 bits per heavy atom. The third-order valence-electron chi connectivity index (χ3n) is 4.56. The van der Waals surface area contributed by atoms with Crippen molar-refractivity contribution in [3.8, 4) is 0 Å². The largest absolute Gasteiger partial charge is 0.379 e. The van der Waals surface area contributed by atoms with Crippen LogP contribution in [0.2, 0.25) is 5.02 Å². The SMILES string of the molecule is O=C(CSc1nnc(Nc2cccc(Cl)c2)s1)Nc1ccc(CN2CCOCC2)cc1. The molecule has 1 amide bonds. The van der Waals surface area contributed by atoms with Crippen molar-refractivity contribution in [3.05, 3.63) is 59.1 Å². The fraction of sp³-hybridized carbons (Fsp3) is 0.286. The van der Waals surface area contributed by atoms with Gasteiger partial charge in [0.15, 0.2) is 4.34 Å². The lowest BCUT2D eigenvalue weighted by Crippen LogP contribution is -2.35. The van der Waals surface area contributed by atoms with Crippen LogP contribution < -0.4 is 10.6 Å². The van der Waals surface area contributed by atoms with Gasteiger partial charge in [0.2, 0.25) is 11.0 Å². The Labute approximate surface area is 194 Å². The van der Waals surface area contributed by atoms with Crippen molar-refractivity contribution in [1.82, 2.24) is 15.1 Å². The Morgan fingerprint density at radius 3 is 2.71 bits per heavy atom. The van der Waals surface area contributed by atoms with Gasteiger partial charge in [-0.15, -0.1) is 10.2 Å². The lowest BCUT2D eigenvalue weighted by molar-refractivity contribution is -0.113. The molecule has 0 saturated carbocycles. The summed E-state index contributed by atoms with van der Waals surface area (Å²) in [7, 11) is 0. The van der Waals surface area contributed by atoms with Gasteiger partial charge in [-0.3, -0.25) is 9.69 Å². The maximum absolute atomic E-state index is 12.3. The Balaban J connectivity index is 1.22. The molecule has 2 aromatic carbocycles. The molecule has 2 heterocycles. The summed E-state index contributed by atoms with van der Waals surface area (Å²) in [5.74, 6) is 0.187. The zero-order valence-corrected chi connectivity index (χ0v) is 19.1. The zero-order valence-electron chi connectivity index (χ0n) is 16.7. The predicted molar refractivity (Wildman–Crippen MR) is 127 cm³/mol. The summed E-state index contributed by atoms with van der Waals surface area (Å²) in [6, 6.07) is 15.4. The maximum Gasteiger partial charge on any atom is 0.234 e. The van der Waals surface area contributed by atoms with Crippen molar-refractivity contribution < 1.29 is 9.53 Å². The van der Waals surface area contributed by atoms with E-state index in [1.165, 1.54) is 28.7 Å². The molecule has 7 nitrogen and oxygen atoms in total. The number of hydrogen-bond acceptors (Lipinski definition) is 8. The summed E-state index contributed by atoms with van der Waals surface area (Å²) < 4.78 is 6.10. The number of halogens is 1. The first kappa shape index (κ1) is 22.0. The van der Waals surface area contributed by atoms with Crippen LogP contribution in [0.4, 0.5) is 16.5 Å².